The number of hydrogen-bond donors (Lipinski definition) is 2. The summed E-state index contributed by atoms with van der Waals surface area (Å²) in [6, 6.07) is -0.624. The zero-order chi connectivity index (χ0) is 14.0. The minimum absolute atomic E-state index is 0.144. The summed E-state index contributed by atoms with van der Waals surface area (Å²) in [4.78, 5) is 18.5. The van der Waals surface area contributed by atoms with Gasteiger partial charge in [0.1, 0.15) is 7.85 Å². The third kappa shape index (κ3) is 5.55. The van der Waals surface area contributed by atoms with Crippen LogP contribution in [0.4, 0.5) is 0 Å². The average molecular weight is 336 g/mol. The van der Waals surface area contributed by atoms with Gasteiger partial charge < -0.3 is 19.0 Å². The Bertz CT molecular complexity index is 375. The summed E-state index contributed by atoms with van der Waals surface area (Å²) in [6.07, 6.45) is -0.0414. The molecule has 2 N–H and O–H groups in total. The van der Waals surface area contributed by atoms with E-state index in [-0.39, 0.29) is 12.0 Å². The van der Waals surface area contributed by atoms with Gasteiger partial charge in [-0.25, -0.2) is 8.88 Å². The summed E-state index contributed by atoms with van der Waals surface area (Å²) < 4.78 is 29.5. The number of alkyl halides is 1. The monoisotopic (exact) mass is 336 g/mol. The largest absolute Gasteiger partial charge is 0.479 e. The van der Waals surface area contributed by atoms with E-state index in [1.54, 1.807) is 0 Å². The van der Waals surface area contributed by atoms with Gasteiger partial charge in [-0.05, 0) is 18.2 Å². The predicted molar refractivity (Wildman–Crippen MR) is 69.0 cm³/mol. The standard InChI is InChI=1S/C6H12BClO7P2S/c1-12-16(9,10)15-17(11,18)13-3-4-2-5(8)6(7)14-4/h4-6H,2-3H2,1H3,(H,9,10)(H,11,18). The van der Waals surface area contributed by atoms with Crippen LogP contribution in [0, 0.1) is 0 Å². The van der Waals surface area contributed by atoms with Crippen molar-refractivity contribution in [3.63, 3.8) is 0 Å². The van der Waals surface area contributed by atoms with Crippen molar-refractivity contribution in [1.29, 1.82) is 0 Å². The highest BCUT2D eigenvalue weighted by Crippen LogP contribution is 2.60. The molecule has 1 rings (SSSR count). The first-order valence-corrected chi connectivity index (χ1v) is 9.30. The Morgan fingerprint density at radius 2 is 2.22 bits per heavy atom. The molecule has 5 atom stereocenters. The number of halogens is 1. The SMILES string of the molecule is [B]C1OC(COP(O)(=S)OP(=O)(O)OC)CC1Cl. The molecule has 0 aromatic carbocycles. The molecule has 0 saturated carbocycles. The Hall–Kier alpha value is 0.995. The number of rotatable bonds is 6. The summed E-state index contributed by atoms with van der Waals surface area (Å²) in [6.45, 7) is -4.04. The predicted octanol–water partition coefficient (Wildman–Crippen LogP) is 0.874. The summed E-state index contributed by atoms with van der Waals surface area (Å²) in [7, 11) is 2.04. The summed E-state index contributed by atoms with van der Waals surface area (Å²) in [5, 5.41) is -0.362. The van der Waals surface area contributed by atoms with Crippen LogP contribution < -0.4 is 0 Å². The molecule has 0 spiro atoms. The van der Waals surface area contributed by atoms with Gasteiger partial charge in [-0.3, -0.25) is 4.52 Å². The van der Waals surface area contributed by atoms with Crippen molar-refractivity contribution in [2.45, 2.75) is 23.9 Å². The van der Waals surface area contributed by atoms with E-state index in [2.05, 4.69) is 20.6 Å². The van der Waals surface area contributed by atoms with Gasteiger partial charge in [0.25, 0.3) is 0 Å². The van der Waals surface area contributed by atoms with Gasteiger partial charge >= 0.3 is 14.5 Å². The Kier molecular flexibility index (Phi) is 6.28. The van der Waals surface area contributed by atoms with Crippen molar-refractivity contribution >= 4 is 45.8 Å². The van der Waals surface area contributed by atoms with Crippen LogP contribution in [0.1, 0.15) is 6.42 Å². The molecule has 5 unspecified atom stereocenters. The van der Waals surface area contributed by atoms with Crippen molar-refractivity contribution in [2.75, 3.05) is 13.7 Å². The molecule has 0 aliphatic carbocycles. The highest BCUT2D eigenvalue weighted by atomic mass is 35.5. The zero-order valence-electron chi connectivity index (χ0n) is 9.34. The maximum atomic E-state index is 11.1. The maximum Gasteiger partial charge on any atom is 0.479 e. The molecule has 0 aromatic heterocycles. The third-order valence-electron chi connectivity index (χ3n) is 2.05. The van der Waals surface area contributed by atoms with Gasteiger partial charge in [0.2, 0.25) is 0 Å². The number of phosphoric acid groups is 1. The highest BCUT2D eigenvalue weighted by Gasteiger charge is 2.34. The van der Waals surface area contributed by atoms with Crippen LogP contribution in [0.15, 0.2) is 0 Å². The Morgan fingerprint density at radius 1 is 1.61 bits per heavy atom. The lowest BCUT2D eigenvalue weighted by atomic mass is 9.97. The van der Waals surface area contributed by atoms with Gasteiger partial charge in [0.05, 0.1) is 18.1 Å². The second-order valence-electron chi connectivity index (χ2n) is 3.47. The van der Waals surface area contributed by atoms with Gasteiger partial charge in [0, 0.05) is 13.1 Å². The quantitative estimate of drug-likeness (QED) is 0.419. The van der Waals surface area contributed by atoms with Crippen molar-refractivity contribution in [2.24, 2.45) is 0 Å². The first-order valence-electron chi connectivity index (χ1n) is 4.77. The molecule has 12 heteroatoms. The van der Waals surface area contributed by atoms with Crippen LogP contribution in [0.3, 0.4) is 0 Å². The second-order valence-corrected chi connectivity index (χ2v) is 8.57. The van der Waals surface area contributed by atoms with Crippen LogP contribution in [-0.2, 0) is 34.5 Å². The molecule has 1 fully saturated rings. The summed E-state index contributed by atoms with van der Waals surface area (Å²) in [5.74, 6) is 0. The lowest BCUT2D eigenvalue weighted by Gasteiger charge is -2.19. The second kappa shape index (κ2) is 6.63. The molecule has 1 saturated heterocycles. The minimum Gasteiger partial charge on any atom is -0.381 e. The van der Waals surface area contributed by atoms with Crippen LogP contribution in [0.25, 0.3) is 0 Å². The van der Waals surface area contributed by atoms with Crippen molar-refractivity contribution in [1.82, 2.24) is 0 Å². The molecular weight excluding hydrogens is 324 g/mol. The molecule has 1 heterocycles. The van der Waals surface area contributed by atoms with Gasteiger partial charge in [-0.15, -0.1) is 11.6 Å². The zero-order valence-corrected chi connectivity index (χ0v) is 12.7. The minimum atomic E-state index is -4.40. The van der Waals surface area contributed by atoms with Gasteiger partial charge in [-0.1, -0.05) is 0 Å². The molecule has 0 amide bonds. The Balaban J connectivity index is 2.43. The summed E-state index contributed by atoms with van der Waals surface area (Å²) >= 11 is 10.4. The smallest absolute Gasteiger partial charge is 0.381 e. The Morgan fingerprint density at radius 3 is 2.67 bits per heavy atom. The van der Waals surface area contributed by atoms with E-state index in [1.165, 1.54) is 0 Å². The Labute approximate surface area is 116 Å². The molecule has 0 aromatic rings. The fourth-order valence-corrected chi connectivity index (χ4v) is 4.27. The van der Waals surface area contributed by atoms with Crippen molar-refractivity contribution in [3.8, 4) is 0 Å². The highest BCUT2D eigenvalue weighted by molar-refractivity contribution is 8.08. The van der Waals surface area contributed by atoms with E-state index < -0.39 is 26.6 Å². The normalized spacial score (nSPS) is 35.0. The van der Waals surface area contributed by atoms with Crippen LogP contribution >= 0.6 is 26.1 Å². The van der Waals surface area contributed by atoms with E-state index in [9.17, 15) is 9.46 Å². The lowest BCUT2D eigenvalue weighted by Crippen LogP contribution is -2.17. The summed E-state index contributed by atoms with van der Waals surface area (Å²) in [5.41, 5.74) is 0. The van der Waals surface area contributed by atoms with Crippen LogP contribution in [-0.4, -0.2) is 48.8 Å². The maximum absolute atomic E-state index is 11.1. The van der Waals surface area contributed by atoms with E-state index >= 15 is 0 Å². The fraction of sp³-hybridized carbons (Fsp3) is 1.00. The fourth-order valence-electron chi connectivity index (χ4n) is 1.22. The first kappa shape index (κ1) is 17.0. The number of phosphoric ester groups is 1. The molecule has 7 nitrogen and oxygen atoms in total. The van der Waals surface area contributed by atoms with E-state index in [0.717, 1.165) is 7.11 Å². The van der Waals surface area contributed by atoms with E-state index in [1.807, 2.05) is 0 Å². The van der Waals surface area contributed by atoms with Gasteiger partial charge in [-0.2, -0.15) is 0 Å². The number of hydrogen-bond acceptors (Lipinski definition) is 6. The molecule has 104 valence electrons. The van der Waals surface area contributed by atoms with Gasteiger partial charge in [0.15, 0.2) is 0 Å². The topological polar surface area (TPSA) is 94.5 Å². The van der Waals surface area contributed by atoms with Crippen molar-refractivity contribution in [3.05, 3.63) is 0 Å². The van der Waals surface area contributed by atoms with E-state index in [0.29, 0.717) is 6.42 Å². The molecule has 2 radical (unpaired) electrons. The van der Waals surface area contributed by atoms with Crippen LogP contribution in [0.5, 0.6) is 0 Å². The molecular formula is C6H12BClO7P2S. The van der Waals surface area contributed by atoms with Crippen molar-refractivity contribution < 1.29 is 32.4 Å². The molecule has 18 heavy (non-hydrogen) atoms. The average Bonchev–Trinajstić information content (AvgIpc) is 2.55. The molecule has 1 aliphatic rings. The lowest BCUT2D eigenvalue weighted by molar-refractivity contribution is 0.0464. The van der Waals surface area contributed by atoms with Crippen LogP contribution in [0.2, 0.25) is 0 Å². The molecule has 0 bridgehead atoms. The molecule has 1 aliphatic heterocycles. The first-order chi connectivity index (χ1) is 8.15. The number of ether oxygens (including phenoxy) is 1. The third-order valence-corrected chi connectivity index (χ3v) is 5.99. The van der Waals surface area contributed by atoms with E-state index in [4.69, 9.17) is 33.6 Å².